The molecule has 2 aromatic rings. The van der Waals surface area contributed by atoms with Crippen molar-refractivity contribution in [3.05, 3.63) is 61.2 Å². The highest BCUT2D eigenvalue weighted by Gasteiger charge is 1.97. The molecule has 0 aliphatic carbocycles. The number of hydrogen-bond acceptors (Lipinski definition) is 1. The zero-order chi connectivity index (χ0) is 9.80. The maximum absolute atomic E-state index is 4.05. The van der Waals surface area contributed by atoms with E-state index in [1.54, 1.807) is 12.5 Å². The maximum Gasteiger partial charge on any atom is 0.0949 e. The molecular weight excluding hydrogens is 172 g/mol. The summed E-state index contributed by atoms with van der Waals surface area (Å²) in [7, 11) is 0. The second kappa shape index (κ2) is 3.92. The summed E-state index contributed by atoms with van der Waals surface area (Å²) in [6.45, 7) is 4.85. The van der Waals surface area contributed by atoms with E-state index in [0.29, 0.717) is 0 Å². The number of rotatable bonds is 3. The topological polar surface area (TPSA) is 17.8 Å². The third-order valence-corrected chi connectivity index (χ3v) is 2.11. The standard InChI is InChI=1S/C12H12N2/c1-11(9-14-8-7-13-10-14)12-5-3-2-4-6-12/h2-8,10H,1,9H2. The van der Waals surface area contributed by atoms with E-state index in [0.717, 1.165) is 12.1 Å². The Morgan fingerprint density at radius 3 is 2.71 bits per heavy atom. The molecule has 0 saturated heterocycles. The molecule has 0 unspecified atom stereocenters. The average molecular weight is 184 g/mol. The van der Waals surface area contributed by atoms with E-state index in [2.05, 4.69) is 23.7 Å². The molecule has 0 saturated carbocycles. The lowest BCUT2D eigenvalue weighted by Gasteiger charge is -2.05. The normalized spacial score (nSPS) is 10.0. The Balaban J connectivity index is 2.11. The molecule has 0 atom stereocenters. The van der Waals surface area contributed by atoms with Gasteiger partial charge in [-0.3, -0.25) is 0 Å². The highest BCUT2D eigenvalue weighted by molar-refractivity contribution is 5.62. The molecule has 0 bridgehead atoms. The lowest BCUT2D eigenvalue weighted by molar-refractivity contribution is 0.835. The van der Waals surface area contributed by atoms with Crippen molar-refractivity contribution in [3.63, 3.8) is 0 Å². The first-order valence-electron chi connectivity index (χ1n) is 4.55. The van der Waals surface area contributed by atoms with E-state index in [9.17, 15) is 0 Å². The Bertz CT molecular complexity index is 401. The first-order chi connectivity index (χ1) is 6.86. The molecule has 2 heteroatoms. The fourth-order valence-corrected chi connectivity index (χ4v) is 1.37. The molecule has 0 aliphatic heterocycles. The summed E-state index contributed by atoms with van der Waals surface area (Å²) < 4.78 is 2.01. The summed E-state index contributed by atoms with van der Waals surface area (Å²) in [4.78, 5) is 3.99. The van der Waals surface area contributed by atoms with Crippen molar-refractivity contribution in [1.29, 1.82) is 0 Å². The van der Waals surface area contributed by atoms with Crippen molar-refractivity contribution in [2.75, 3.05) is 0 Å². The van der Waals surface area contributed by atoms with Gasteiger partial charge in [-0.1, -0.05) is 36.9 Å². The molecule has 1 heterocycles. The van der Waals surface area contributed by atoms with Crippen LogP contribution in [0.2, 0.25) is 0 Å². The second-order valence-electron chi connectivity index (χ2n) is 3.20. The minimum atomic E-state index is 0.796. The first-order valence-corrected chi connectivity index (χ1v) is 4.55. The lowest BCUT2D eigenvalue weighted by Crippen LogP contribution is -1.96. The summed E-state index contributed by atoms with van der Waals surface area (Å²) in [5, 5.41) is 0. The Hall–Kier alpha value is -1.83. The maximum atomic E-state index is 4.05. The van der Waals surface area contributed by atoms with E-state index < -0.39 is 0 Å². The van der Waals surface area contributed by atoms with E-state index in [1.165, 1.54) is 5.56 Å². The van der Waals surface area contributed by atoms with Gasteiger partial charge in [-0.2, -0.15) is 0 Å². The van der Waals surface area contributed by atoms with Crippen LogP contribution >= 0.6 is 0 Å². The van der Waals surface area contributed by atoms with Gasteiger partial charge in [0, 0.05) is 18.9 Å². The van der Waals surface area contributed by atoms with Gasteiger partial charge in [0.15, 0.2) is 0 Å². The van der Waals surface area contributed by atoms with Crippen LogP contribution in [-0.2, 0) is 6.54 Å². The molecule has 0 N–H and O–H groups in total. The Morgan fingerprint density at radius 1 is 1.29 bits per heavy atom. The van der Waals surface area contributed by atoms with Crippen molar-refractivity contribution in [2.24, 2.45) is 0 Å². The van der Waals surface area contributed by atoms with Gasteiger partial charge in [0.1, 0.15) is 0 Å². The van der Waals surface area contributed by atoms with Crippen LogP contribution in [0.1, 0.15) is 5.56 Å². The Morgan fingerprint density at radius 2 is 2.07 bits per heavy atom. The van der Waals surface area contributed by atoms with Crippen LogP contribution in [0.3, 0.4) is 0 Å². The third kappa shape index (κ3) is 1.91. The smallest absolute Gasteiger partial charge is 0.0949 e. The van der Waals surface area contributed by atoms with Crippen LogP contribution in [-0.4, -0.2) is 9.55 Å². The van der Waals surface area contributed by atoms with Gasteiger partial charge in [0.05, 0.1) is 6.33 Å². The van der Waals surface area contributed by atoms with Gasteiger partial charge in [0.2, 0.25) is 0 Å². The number of hydrogen-bond donors (Lipinski definition) is 0. The molecule has 1 aromatic carbocycles. The van der Waals surface area contributed by atoms with E-state index >= 15 is 0 Å². The van der Waals surface area contributed by atoms with Crippen LogP contribution < -0.4 is 0 Å². The Labute approximate surface area is 83.5 Å². The summed E-state index contributed by atoms with van der Waals surface area (Å²) in [5.74, 6) is 0. The predicted octanol–water partition coefficient (Wildman–Crippen LogP) is 2.60. The van der Waals surface area contributed by atoms with Crippen LogP contribution in [0.5, 0.6) is 0 Å². The van der Waals surface area contributed by atoms with Gasteiger partial charge in [0.25, 0.3) is 0 Å². The minimum Gasteiger partial charge on any atom is -0.333 e. The molecule has 0 spiro atoms. The molecule has 0 amide bonds. The van der Waals surface area contributed by atoms with Crippen molar-refractivity contribution >= 4 is 5.57 Å². The first kappa shape index (κ1) is 8.75. The highest BCUT2D eigenvalue weighted by atomic mass is 15.0. The summed E-state index contributed by atoms with van der Waals surface area (Å²) in [5.41, 5.74) is 2.28. The quantitative estimate of drug-likeness (QED) is 0.717. The number of imidazole rings is 1. The van der Waals surface area contributed by atoms with Crippen LogP contribution in [0.4, 0.5) is 0 Å². The van der Waals surface area contributed by atoms with Gasteiger partial charge in [-0.15, -0.1) is 0 Å². The average Bonchev–Trinajstić information content (AvgIpc) is 2.72. The highest BCUT2D eigenvalue weighted by Crippen LogP contribution is 2.13. The van der Waals surface area contributed by atoms with E-state index in [-0.39, 0.29) is 0 Å². The minimum absolute atomic E-state index is 0.796. The summed E-state index contributed by atoms with van der Waals surface area (Å²) in [6, 6.07) is 10.2. The molecule has 2 rings (SSSR count). The number of benzene rings is 1. The van der Waals surface area contributed by atoms with Crippen molar-refractivity contribution in [3.8, 4) is 0 Å². The fourth-order valence-electron chi connectivity index (χ4n) is 1.37. The van der Waals surface area contributed by atoms with Crippen LogP contribution in [0, 0.1) is 0 Å². The number of nitrogens with zero attached hydrogens (tertiary/aromatic N) is 2. The monoisotopic (exact) mass is 184 g/mol. The van der Waals surface area contributed by atoms with E-state index in [4.69, 9.17) is 0 Å². The van der Waals surface area contributed by atoms with Gasteiger partial charge in [-0.25, -0.2) is 4.98 Å². The zero-order valence-electron chi connectivity index (χ0n) is 7.93. The summed E-state index contributed by atoms with van der Waals surface area (Å²) >= 11 is 0. The molecule has 0 fully saturated rings. The van der Waals surface area contributed by atoms with Gasteiger partial charge in [-0.05, 0) is 11.1 Å². The van der Waals surface area contributed by atoms with E-state index in [1.807, 2.05) is 29.0 Å². The molecular formula is C12H12N2. The second-order valence-corrected chi connectivity index (χ2v) is 3.20. The fraction of sp³-hybridized carbons (Fsp3) is 0.0833. The van der Waals surface area contributed by atoms with Crippen molar-refractivity contribution in [2.45, 2.75) is 6.54 Å². The van der Waals surface area contributed by atoms with Crippen molar-refractivity contribution < 1.29 is 0 Å². The number of aromatic nitrogens is 2. The van der Waals surface area contributed by atoms with Crippen LogP contribution in [0.25, 0.3) is 5.57 Å². The lowest BCUT2D eigenvalue weighted by atomic mass is 10.1. The molecule has 1 aromatic heterocycles. The molecule has 14 heavy (non-hydrogen) atoms. The summed E-state index contributed by atoms with van der Waals surface area (Å²) in [6.07, 6.45) is 5.51. The SMILES string of the molecule is C=C(Cn1ccnc1)c1ccccc1. The predicted molar refractivity (Wildman–Crippen MR) is 57.7 cm³/mol. The van der Waals surface area contributed by atoms with Gasteiger partial charge >= 0.3 is 0 Å². The Kier molecular flexibility index (Phi) is 2.45. The zero-order valence-corrected chi connectivity index (χ0v) is 7.93. The largest absolute Gasteiger partial charge is 0.333 e. The molecule has 2 nitrogen and oxygen atoms in total. The molecule has 70 valence electrons. The third-order valence-electron chi connectivity index (χ3n) is 2.11. The molecule has 0 radical (unpaired) electrons. The van der Waals surface area contributed by atoms with Crippen LogP contribution in [0.15, 0.2) is 55.6 Å². The molecule has 0 aliphatic rings. The van der Waals surface area contributed by atoms with Crippen molar-refractivity contribution in [1.82, 2.24) is 9.55 Å². The number of allylic oxidation sites excluding steroid dienone is 1. The van der Waals surface area contributed by atoms with Gasteiger partial charge < -0.3 is 4.57 Å².